The van der Waals surface area contributed by atoms with Gasteiger partial charge in [0.2, 0.25) is 0 Å². The molecule has 0 saturated heterocycles. The Bertz CT molecular complexity index is 117. The summed E-state index contributed by atoms with van der Waals surface area (Å²) in [5.41, 5.74) is 5.75. The van der Waals surface area contributed by atoms with Gasteiger partial charge in [0.15, 0.2) is 0 Å². The zero-order valence-electron chi connectivity index (χ0n) is 6.96. The highest BCUT2D eigenvalue weighted by Gasteiger charge is 2.17. The zero-order valence-corrected chi connectivity index (χ0v) is 6.96. The molecule has 1 saturated carbocycles. The second-order valence-corrected chi connectivity index (χ2v) is 3.16. The van der Waals surface area contributed by atoms with E-state index in [1.165, 1.54) is 0 Å². The van der Waals surface area contributed by atoms with Gasteiger partial charge in [-0.3, -0.25) is 0 Å². The van der Waals surface area contributed by atoms with Crippen molar-refractivity contribution in [1.82, 2.24) is 0 Å². The van der Waals surface area contributed by atoms with Crippen LogP contribution in [0.3, 0.4) is 0 Å². The molecule has 1 aliphatic carbocycles. The van der Waals surface area contributed by atoms with Gasteiger partial charge in [0.05, 0.1) is 12.7 Å². The van der Waals surface area contributed by atoms with Crippen LogP contribution in [-0.2, 0) is 4.74 Å². The minimum atomic E-state index is 0.415. The van der Waals surface area contributed by atoms with Crippen molar-refractivity contribution in [2.45, 2.75) is 37.8 Å². The van der Waals surface area contributed by atoms with Crippen LogP contribution in [0.15, 0.2) is 12.7 Å². The fraction of sp³-hybridized carbons (Fsp3) is 0.778. The van der Waals surface area contributed by atoms with Gasteiger partial charge < -0.3 is 10.5 Å². The molecule has 2 nitrogen and oxygen atoms in total. The summed E-state index contributed by atoms with van der Waals surface area (Å²) in [6.45, 7) is 4.29. The molecule has 0 amide bonds. The molecule has 1 aliphatic rings. The molecule has 64 valence electrons. The lowest BCUT2D eigenvalue weighted by Gasteiger charge is -2.25. The molecule has 0 aromatic carbocycles. The maximum Gasteiger partial charge on any atom is 0.0648 e. The average Bonchev–Trinajstić information content (AvgIpc) is 2.04. The van der Waals surface area contributed by atoms with Crippen LogP contribution < -0.4 is 5.73 Å². The van der Waals surface area contributed by atoms with Crippen LogP contribution in [0.2, 0.25) is 0 Å². The van der Waals surface area contributed by atoms with Crippen molar-refractivity contribution in [2.24, 2.45) is 5.73 Å². The molecule has 11 heavy (non-hydrogen) atoms. The topological polar surface area (TPSA) is 35.2 Å². The van der Waals surface area contributed by atoms with Crippen molar-refractivity contribution in [3.8, 4) is 0 Å². The smallest absolute Gasteiger partial charge is 0.0648 e. The van der Waals surface area contributed by atoms with Gasteiger partial charge in [-0.2, -0.15) is 0 Å². The molecule has 0 aromatic heterocycles. The minimum absolute atomic E-state index is 0.415. The van der Waals surface area contributed by atoms with Crippen LogP contribution in [0, 0.1) is 0 Å². The third kappa shape index (κ3) is 3.04. The number of rotatable bonds is 3. The molecule has 2 N–H and O–H groups in total. The summed E-state index contributed by atoms with van der Waals surface area (Å²) in [5.74, 6) is 0. The van der Waals surface area contributed by atoms with E-state index in [-0.39, 0.29) is 0 Å². The van der Waals surface area contributed by atoms with E-state index < -0.39 is 0 Å². The molecule has 2 heteroatoms. The first kappa shape index (κ1) is 8.75. The Morgan fingerprint density at radius 1 is 1.36 bits per heavy atom. The van der Waals surface area contributed by atoms with Crippen molar-refractivity contribution in [3.63, 3.8) is 0 Å². The highest BCUT2D eigenvalue weighted by Crippen LogP contribution is 2.19. The van der Waals surface area contributed by atoms with Crippen molar-refractivity contribution in [3.05, 3.63) is 12.7 Å². The van der Waals surface area contributed by atoms with E-state index in [0.717, 1.165) is 25.7 Å². The second kappa shape index (κ2) is 4.52. The number of hydrogen-bond acceptors (Lipinski definition) is 2. The predicted molar refractivity (Wildman–Crippen MR) is 46.4 cm³/mol. The quantitative estimate of drug-likeness (QED) is 0.626. The molecular weight excluding hydrogens is 138 g/mol. The summed E-state index contributed by atoms with van der Waals surface area (Å²) in [7, 11) is 0. The van der Waals surface area contributed by atoms with Gasteiger partial charge in [0.25, 0.3) is 0 Å². The normalized spacial score (nSPS) is 31.7. The molecule has 0 unspecified atom stereocenters. The average molecular weight is 155 g/mol. The Labute approximate surface area is 68.4 Å². The summed E-state index contributed by atoms with van der Waals surface area (Å²) < 4.78 is 5.51. The second-order valence-electron chi connectivity index (χ2n) is 3.16. The highest BCUT2D eigenvalue weighted by atomic mass is 16.5. The Morgan fingerprint density at radius 2 is 2.00 bits per heavy atom. The number of nitrogens with two attached hydrogens (primary N) is 1. The van der Waals surface area contributed by atoms with E-state index in [0.29, 0.717) is 18.8 Å². The van der Waals surface area contributed by atoms with Gasteiger partial charge in [0, 0.05) is 6.04 Å². The first-order chi connectivity index (χ1) is 5.33. The molecule has 0 spiro atoms. The summed E-state index contributed by atoms with van der Waals surface area (Å²) in [6.07, 6.45) is 6.70. The van der Waals surface area contributed by atoms with Gasteiger partial charge in [-0.15, -0.1) is 6.58 Å². The Hall–Kier alpha value is -0.340. The van der Waals surface area contributed by atoms with Crippen molar-refractivity contribution in [1.29, 1.82) is 0 Å². The Balaban J connectivity index is 2.12. The first-order valence-corrected chi connectivity index (χ1v) is 4.31. The van der Waals surface area contributed by atoms with E-state index >= 15 is 0 Å². The number of ether oxygens (including phenoxy) is 1. The Morgan fingerprint density at radius 3 is 2.55 bits per heavy atom. The van der Waals surface area contributed by atoms with Gasteiger partial charge >= 0.3 is 0 Å². The fourth-order valence-corrected chi connectivity index (χ4v) is 1.46. The van der Waals surface area contributed by atoms with E-state index in [9.17, 15) is 0 Å². The Kier molecular flexibility index (Phi) is 3.60. The predicted octanol–water partition coefficient (Wildman–Crippen LogP) is 1.46. The minimum Gasteiger partial charge on any atom is -0.374 e. The molecule has 0 heterocycles. The van der Waals surface area contributed by atoms with Crippen LogP contribution in [0.25, 0.3) is 0 Å². The van der Waals surface area contributed by atoms with Crippen LogP contribution in [0.4, 0.5) is 0 Å². The lowest BCUT2D eigenvalue weighted by Crippen LogP contribution is -2.30. The zero-order chi connectivity index (χ0) is 8.10. The molecule has 1 rings (SSSR count). The van der Waals surface area contributed by atoms with Crippen LogP contribution in [-0.4, -0.2) is 18.8 Å². The SMILES string of the molecule is C=CCOC1CCC(N)CC1. The van der Waals surface area contributed by atoms with Gasteiger partial charge in [-0.05, 0) is 25.7 Å². The maximum absolute atomic E-state index is 5.75. The molecule has 1 fully saturated rings. The van der Waals surface area contributed by atoms with Crippen LogP contribution >= 0.6 is 0 Å². The first-order valence-electron chi connectivity index (χ1n) is 4.31. The van der Waals surface area contributed by atoms with Gasteiger partial charge in [-0.25, -0.2) is 0 Å². The standard InChI is InChI=1S/C9H17NO/c1-2-7-11-9-5-3-8(10)4-6-9/h2,8-9H,1,3-7,10H2. The summed E-state index contributed by atoms with van der Waals surface area (Å²) in [6, 6.07) is 0.415. The molecule has 0 atom stereocenters. The van der Waals surface area contributed by atoms with E-state index in [1.54, 1.807) is 6.08 Å². The third-order valence-corrected chi connectivity index (χ3v) is 2.17. The summed E-state index contributed by atoms with van der Waals surface area (Å²) in [4.78, 5) is 0. The van der Waals surface area contributed by atoms with Crippen LogP contribution in [0.1, 0.15) is 25.7 Å². The summed E-state index contributed by atoms with van der Waals surface area (Å²) in [5, 5.41) is 0. The molecule has 0 radical (unpaired) electrons. The van der Waals surface area contributed by atoms with E-state index in [2.05, 4.69) is 6.58 Å². The van der Waals surface area contributed by atoms with Crippen molar-refractivity contribution >= 4 is 0 Å². The van der Waals surface area contributed by atoms with Crippen molar-refractivity contribution < 1.29 is 4.74 Å². The fourth-order valence-electron chi connectivity index (χ4n) is 1.46. The molecule has 0 aliphatic heterocycles. The lowest BCUT2D eigenvalue weighted by atomic mass is 9.94. The van der Waals surface area contributed by atoms with E-state index in [4.69, 9.17) is 10.5 Å². The molecular formula is C9H17NO. The largest absolute Gasteiger partial charge is 0.374 e. The molecule has 0 aromatic rings. The third-order valence-electron chi connectivity index (χ3n) is 2.17. The van der Waals surface area contributed by atoms with Crippen molar-refractivity contribution in [2.75, 3.05) is 6.61 Å². The number of hydrogen-bond donors (Lipinski definition) is 1. The highest BCUT2D eigenvalue weighted by molar-refractivity contribution is 4.75. The van der Waals surface area contributed by atoms with Gasteiger partial charge in [0.1, 0.15) is 0 Å². The molecule has 0 bridgehead atoms. The van der Waals surface area contributed by atoms with E-state index in [1.807, 2.05) is 0 Å². The summed E-state index contributed by atoms with van der Waals surface area (Å²) >= 11 is 0. The monoisotopic (exact) mass is 155 g/mol. The van der Waals surface area contributed by atoms with Crippen LogP contribution in [0.5, 0.6) is 0 Å². The van der Waals surface area contributed by atoms with Gasteiger partial charge in [-0.1, -0.05) is 6.08 Å². The maximum atomic E-state index is 5.75. The lowest BCUT2D eigenvalue weighted by molar-refractivity contribution is 0.0429.